The lowest BCUT2D eigenvalue weighted by molar-refractivity contribution is 0.0240. The molecule has 0 unspecified atom stereocenters. The number of hydrogen-bond acceptors (Lipinski definition) is 5. The number of nitrogens with two attached hydrogens (primary N) is 2. The number of nitrogen functional groups attached to an aromatic ring is 1. The fourth-order valence-corrected chi connectivity index (χ4v) is 2.57. The van der Waals surface area contributed by atoms with Crippen LogP contribution in [0, 0.1) is 0 Å². The van der Waals surface area contributed by atoms with E-state index in [2.05, 4.69) is 4.90 Å². The summed E-state index contributed by atoms with van der Waals surface area (Å²) in [6.45, 7) is 8.80. The molecule has 0 atom stereocenters. The Morgan fingerprint density at radius 2 is 1.86 bits per heavy atom. The third-order valence-corrected chi connectivity index (χ3v) is 3.66. The van der Waals surface area contributed by atoms with Crippen molar-refractivity contribution in [1.82, 2.24) is 4.90 Å². The minimum Gasteiger partial charge on any atom is -0.444 e. The molecule has 1 amide bonds. The molecule has 0 aromatic heterocycles. The first-order chi connectivity index (χ1) is 10.3. The maximum absolute atomic E-state index is 12.1. The first-order valence-electron chi connectivity index (χ1n) is 7.62. The normalized spacial score (nSPS) is 15.8. The Labute approximate surface area is 132 Å². The van der Waals surface area contributed by atoms with Crippen LogP contribution in [0.3, 0.4) is 0 Å². The van der Waals surface area contributed by atoms with E-state index in [4.69, 9.17) is 16.2 Å². The van der Waals surface area contributed by atoms with E-state index in [9.17, 15) is 4.79 Å². The van der Waals surface area contributed by atoms with Crippen LogP contribution in [0.15, 0.2) is 18.2 Å². The molecule has 6 heteroatoms. The Hall–Kier alpha value is -1.95. The van der Waals surface area contributed by atoms with Crippen molar-refractivity contribution in [1.29, 1.82) is 0 Å². The number of piperazine rings is 1. The van der Waals surface area contributed by atoms with E-state index in [1.165, 1.54) is 0 Å². The summed E-state index contributed by atoms with van der Waals surface area (Å²) in [5.74, 6) is 0. The quantitative estimate of drug-likeness (QED) is 0.814. The summed E-state index contributed by atoms with van der Waals surface area (Å²) in [6.07, 6.45) is -0.251. The van der Waals surface area contributed by atoms with E-state index >= 15 is 0 Å². The number of benzene rings is 1. The SMILES string of the molecule is CC(C)(C)OC(=O)N1CCN(c2cccc(N)c2CN)CC1. The van der Waals surface area contributed by atoms with Crippen molar-refractivity contribution in [3.05, 3.63) is 23.8 Å². The largest absolute Gasteiger partial charge is 0.444 e. The first-order valence-corrected chi connectivity index (χ1v) is 7.62. The standard InChI is InChI=1S/C16H26N4O2/c1-16(2,3)22-15(21)20-9-7-19(8-10-20)14-6-4-5-13(18)12(14)11-17/h4-6H,7-11,17-18H2,1-3H3. The molecule has 1 aliphatic heterocycles. The summed E-state index contributed by atoms with van der Waals surface area (Å²) in [4.78, 5) is 16.0. The van der Waals surface area contributed by atoms with Gasteiger partial charge in [-0.05, 0) is 32.9 Å². The zero-order valence-corrected chi connectivity index (χ0v) is 13.6. The fourth-order valence-electron chi connectivity index (χ4n) is 2.57. The number of amides is 1. The molecule has 1 heterocycles. The van der Waals surface area contributed by atoms with Gasteiger partial charge in [-0.3, -0.25) is 0 Å². The molecular weight excluding hydrogens is 280 g/mol. The van der Waals surface area contributed by atoms with Gasteiger partial charge in [0.15, 0.2) is 0 Å². The molecule has 22 heavy (non-hydrogen) atoms. The van der Waals surface area contributed by atoms with Gasteiger partial charge < -0.3 is 26.0 Å². The third-order valence-electron chi connectivity index (χ3n) is 3.66. The van der Waals surface area contributed by atoms with Crippen LogP contribution in [0.4, 0.5) is 16.2 Å². The molecule has 0 radical (unpaired) electrons. The number of ether oxygens (including phenoxy) is 1. The number of hydrogen-bond donors (Lipinski definition) is 2. The molecule has 1 fully saturated rings. The molecule has 0 aliphatic carbocycles. The summed E-state index contributed by atoms with van der Waals surface area (Å²) in [7, 11) is 0. The number of nitrogens with zero attached hydrogens (tertiary/aromatic N) is 2. The highest BCUT2D eigenvalue weighted by Crippen LogP contribution is 2.26. The highest BCUT2D eigenvalue weighted by molar-refractivity contribution is 5.69. The van der Waals surface area contributed by atoms with E-state index < -0.39 is 5.60 Å². The van der Waals surface area contributed by atoms with Crippen LogP contribution in [0.5, 0.6) is 0 Å². The monoisotopic (exact) mass is 306 g/mol. The van der Waals surface area contributed by atoms with Crippen LogP contribution in [0.1, 0.15) is 26.3 Å². The smallest absolute Gasteiger partial charge is 0.410 e. The molecule has 0 spiro atoms. The highest BCUT2D eigenvalue weighted by atomic mass is 16.6. The maximum Gasteiger partial charge on any atom is 0.410 e. The van der Waals surface area contributed by atoms with Gasteiger partial charge in [0.1, 0.15) is 5.60 Å². The Kier molecular flexibility index (Phi) is 4.81. The van der Waals surface area contributed by atoms with Crippen molar-refractivity contribution in [2.24, 2.45) is 5.73 Å². The van der Waals surface area contributed by atoms with Crippen molar-refractivity contribution in [3.8, 4) is 0 Å². The molecular formula is C16H26N4O2. The van der Waals surface area contributed by atoms with Gasteiger partial charge in [-0.25, -0.2) is 4.79 Å². The van der Waals surface area contributed by atoms with Crippen LogP contribution < -0.4 is 16.4 Å². The minimum atomic E-state index is -0.463. The van der Waals surface area contributed by atoms with E-state index in [1.807, 2.05) is 39.0 Å². The predicted molar refractivity (Wildman–Crippen MR) is 88.8 cm³/mol. The van der Waals surface area contributed by atoms with Crippen molar-refractivity contribution in [2.75, 3.05) is 36.8 Å². The summed E-state index contributed by atoms with van der Waals surface area (Å²) in [6, 6.07) is 5.83. The van der Waals surface area contributed by atoms with Gasteiger partial charge >= 0.3 is 6.09 Å². The summed E-state index contributed by atoms with van der Waals surface area (Å²) in [5.41, 5.74) is 14.1. The fraction of sp³-hybridized carbons (Fsp3) is 0.562. The Morgan fingerprint density at radius 1 is 1.23 bits per heavy atom. The second kappa shape index (κ2) is 6.44. The molecule has 1 saturated heterocycles. The molecule has 1 aromatic rings. The van der Waals surface area contributed by atoms with Crippen LogP contribution in [0.25, 0.3) is 0 Å². The summed E-state index contributed by atoms with van der Waals surface area (Å²) >= 11 is 0. The molecule has 2 rings (SSSR count). The average Bonchev–Trinajstić information content (AvgIpc) is 2.45. The minimum absolute atomic E-state index is 0.251. The summed E-state index contributed by atoms with van der Waals surface area (Å²) < 4.78 is 5.41. The van der Waals surface area contributed by atoms with Gasteiger partial charge in [-0.15, -0.1) is 0 Å². The van der Waals surface area contributed by atoms with Gasteiger partial charge in [-0.1, -0.05) is 6.07 Å². The molecule has 6 nitrogen and oxygen atoms in total. The van der Waals surface area contributed by atoms with Crippen LogP contribution in [0.2, 0.25) is 0 Å². The van der Waals surface area contributed by atoms with Gasteiger partial charge in [0.05, 0.1) is 0 Å². The molecule has 1 aromatic carbocycles. The lowest BCUT2D eigenvalue weighted by Crippen LogP contribution is -2.50. The lowest BCUT2D eigenvalue weighted by Gasteiger charge is -2.37. The van der Waals surface area contributed by atoms with E-state index in [0.29, 0.717) is 19.6 Å². The maximum atomic E-state index is 12.1. The second-order valence-electron chi connectivity index (χ2n) is 6.50. The predicted octanol–water partition coefficient (Wildman–Crippen LogP) is 1.78. The van der Waals surface area contributed by atoms with Crippen LogP contribution in [-0.2, 0) is 11.3 Å². The van der Waals surface area contributed by atoms with Gasteiger partial charge in [-0.2, -0.15) is 0 Å². The Balaban J connectivity index is 2.01. The topological polar surface area (TPSA) is 84.8 Å². The van der Waals surface area contributed by atoms with E-state index in [1.54, 1.807) is 4.90 Å². The molecule has 0 bridgehead atoms. The average molecular weight is 306 g/mol. The number of carbonyl (C=O) groups is 1. The van der Waals surface area contributed by atoms with Crippen molar-refractivity contribution in [2.45, 2.75) is 32.9 Å². The zero-order chi connectivity index (χ0) is 16.3. The van der Waals surface area contributed by atoms with E-state index in [0.717, 1.165) is 30.0 Å². The third kappa shape index (κ3) is 3.82. The van der Waals surface area contributed by atoms with E-state index in [-0.39, 0.29) is 6.09 Å². The number of carbonyl (C=O) groups excluding carboxylic acids is 1. The van der Waals surface area contributed by atoms with Crippen molar-refractivity contribution >= 4 is 17.5 Å². The van der Waals surface area contributed by atoms with Crippen LogP contribution >= 0.6 is 0 Å². The van der Waals surface area contributed by atoms with Crippen molar-refractivity contribution < 1.29 is 9.53 Å². The van der Waals surface area contributed by atoms with Crippen LogP contribution in [-0.4, -0.2) is 42.8 Å². The summed E-state index contributed by atoms with van der Waals surface area (Å²) in [5, 5.41) is 0. The molecule has 4 N–H and O–H groups in total. The lowest BCUT2D eigenvalue weighted by atomic mass is 10.1. The van der Waals surface area contributed by atoms with Crippen molar-refractivity contribution in [3.63, 3.8) is 0 Å². The van der Waals surface area contributed by atoms with Gasteiger partial charge in [0.2, 0.25) is 0 Å². The second-order valence-corrected chi connectivity index (χ2v) is 6.50. The Morgan fingerprint density at radius 3 is 2.41 bits per heavy atom. The zero-order valence-electron chi connectivity index (χ0n) is 13.6. The molecule has 0 saturated carbocycles. The van der Waals surface area contributed by atoms with Gasteiger partial charge in [0, 0.05) is 49.7 Å². The number of anilines is 2. The molecule has 1 aliphatic rings. The first kappa shape index (κ1) is 16.4. The van der Waals surface area contributed by atoms with Gasteiger partial charge in [0.25, 0.3) is 0 Å². The number of rotatable bonds is 2. The highest BCUT2D eigenvalue weighted by Gasteiger charge is 2.26. The Bertz CT molecular complexity index is 531. The molecule has 122 valence electrons.